The molecular formula is C16H18N4O3S. The summed E-state index contributed by atoms with van der Waals surface area (Å²) in [5.41, 5.74) is 7.13. The molecule has 126 valence electrons. The van der Waals surface area contributed by atoms with Crippen LogP contribution in [0.25, 0.3) is 0 Å². The number of nitrogen functional groups attached to an aromatic ring is 1. The summed E-state index contributed by atoms with van der Waals surface area (Å²) in [6.07, 6.45) is 0. The molecule has 3 N–H and O–H groups in total. The van der Waals surface area contributed by atoms with Crippen molar-refractivity contribution in [2.75, 3.05) is 24.3 Å². The van der Waals surface area contributed by atoms with Crippen molar-refractivity contribution < 1.29 is 14.3 Å². The highest BCUT2D eigenvalue weighted by Crippen LogP contribution is 2.33. The average molecular weight is 346 g/mol. The second-order valence-electron chi connectivity index (χ2n) is 5.32. The second kappa shape index (κ2) is 6.96. The van der Waals surface area contributed by atoms with Crippen molar-refractivity contribution in [3.05, 3.63) is 30.0 Å². The van der Waals surface area contributed by atoms with Crippen LogP contribution in [0.15, 0.2) is 29.4 Å². The van der Waals surface area contributed by atoms with E-state index >= 15 is 0 Å². The summed E-state index contributed by atoms with van der Waals surface area (Å²) >= 11 is 1.26. The van der Waals surface area contributed by atoms with Crippen LogP contribution in [-0.4, -0.2) is 34.3 Å². The number of thioether (sulfide) groups is 1. The lowest BCUT2D eigenvalue weighted by molar-refractivity contribution is -0.115. The number of hydrogen-bond donors (Lipinski definition) is 2. The number of anilines is 2. The van der Waals surface area contributed by atoms with Crippen LogP contribution in [0.5, 0.6) is 11.5 Å². The fraction of sp³-hybridized carbons (Fsp3) is 0.312. The monoisotopic (exact) mass is 346 g/mol. The maximum atomic E-state index is 12.4. The van der Waals surface area contributed by atoms with E-state index in [2.05, 4.69) is 15.3 Å². The van der Waals surface area contributed by atoms with Gasteiger partial charge in [0.25, 0.3) is 0 Å². The fourth-order valence-electron chi connectivity index (χ4n) is 2.19. The zero-order valence-electron chi connectivity index (χ0n) is 13.4. The zero-order chi connectivity index (χ0) is 17.1. The number of aryl methyl sites for hydroxylation is 1. The molecule has 1 amide bonds. The Balaban J connectivity index is 1.65. The van der Waals surface area contributed by atoms with Crippen molar-refractivity contribution in [2.24, 2.45) is 0 Å². The Morgan fingerprint density at radius 2 is 2.00 bits per heavy atom. The first kappa shape index (κ1) is 16.4. The predicted molar refractivity (Wildman–Crippen MR) is 92.6 cm³/mol. The minimum absolute atomic E-state index is 0.152. The van der Waals surface area contributed by atoms with Gasteiger partial charge in [-0.2, -0.15) is 0 Å². The second-order valence-corrected chi connectivity index (χ2v) is 6.63. The van der Waals surface area contributed by atoms with Crippen molar-refractivity contribution in [1.29, 1.82) is 0 Å². The third-order valence-corrected chi connectivity index (χ3v) is 4.28. The number of fused-ring (bicyclic) bond motifs is 1. The molecule has 7 nitrogen and oxygen atoms in total. The highest BCUT2D eigenvalue weighted by molar-refractivity contribution is 8.00. The number of benzene rings is 1. The third kappa shape index (κ3) is 3.88. The summed E-state index contributed by atoms with van der Waals surface area (Å²) in [7, 11) is 0. The van der Waals surface area contributed by atoms with Crippen LogP contribution < -0.4 is 20.5 Å². The molecule has 1 aliphatic rings. The van der Waals surface area contributed by atoms with Gasteiger partial charge < -0.3 is 20.5 Å². The van der Waals surface area contributed by atoms with Crippen LogP contribution in [0.1, 0.15) is 12.6 Å². The van der Waals surface area contributed by atoms with Crippen LogP contribution in [0.3, 0.4) is 0 Å². The zero-order valence-corrected chi connectivity index (χ0v) is 14.2. The Morgan fingerprint density at radius 3 is 2.75 bits per heavy atom. The van der Waals surface area contributed by atoms with Gasteiger partial charge in [-0.3, -0.25) is 4.79 Å². The molecular weight excluding hydrogens is 328 g/mol. The molecule has 24 heavy (non-hydrogen) atoms. The smallest absolute Gasteiger partial charge is 0.237 e. The molecule has 0 bridgehead atoms. The predicted octanol–water partition coefficient (Wildman–Crippen LogP) is 2.26. The highest BCUT2D eigenvalue weighted by atomic mass is 32.2. The maximum Gasteiger partial charge on any atom is 0.237 e. The Morgan fingerprint density at radius 1 is 1.25 bits per heavy atom. The lowest BCUT2D eigenvalue weighted by atomic mass is 10.2. The number of nitrogens with one attached hydrogen (secondary N) is 1. The number of nitrogens with two attached hydrogens (primary N) is 1. The summed E-state index contributed by atoms with van der Waals surface area (Å²) in [4.78, 5) is 20.8. The normalized spacial score (nSPS) is 14.1. The largest absolute Gasteiger partial charge is 0.486 e. The van der Waals surface area contributed by atoms with Gasteiger partial charge in [-0.1, -0.05) is 11.8 Å². The van der Waals surface area contributed by atoms with Gasteiger partial charge in [0.15, 0.2) is 16.7 Å². The van der Waals surface area contributed by atoms with Crippen molar-refractivity contribution in [2.45, 2.75) is 24.3 Å². The van der Waals surface area contributed by atoms with Gasteiger partial charge in [0.05, 0.1) is 5.25 Å². The van der Waals surface area contributed by atoms with Crippen LogP contribution in [0, 0.1) is 6.92 Å². The maximum absolute atomic E-state index is 12.4. The molecule has 0 spiro atoms. The van der Waals surface area contributed by atoms with E-state index in [1.807, 2.05) is 6.92 Å². The molecule has 3 rings (SSSR count). The molecule has 1 aliphatic heterocycles. The van der Waals surface area contributed by atoms with Gasteiger partial charge in [0.1, 0.15) is 19.0 Å². The van der Waals surface area contributed by atoms with Crippen LogP contribution in [-0.2, 0) is 4.79 Å². The Labute approximate surface area is 144 Å². The van der Waals surface area contributed by atoms with Gasteiger partial charge in [-0.25, -0.2) is 9.97 Å². The standard InChI is InChI=1S/C16H18N4O3S/c1-9-7-14(17)20-16(18-9)24-10(2)15(21)19-11-3-4-12-13(8-11)23-6-5-22-12/h3-4,7-8,10H,5-6H2,1-2H3,(H,19,21)(H2,17,18,20)/t10-/m0/s1. The summed E-state index contributed by atoms with van der Waals surface area (Å²) in [6, 6.07) is 7.01. The number of amides is 1. The van der Waals surface area contributed by atoms with Crippen LogP contribution in [0.2, 0.25) is 0 Å². The number of nitrogens with zero attached hydrogens (tertiary/aromatic N) is 2. The van der Waals surface area contributed by atoms with Crippen molar-refractivity contribution in [3.8, 4) is 11.5 Å². The number of rotatable bonds is 4. The SMILES string of the molecule is Cc1cc(N)nc(S[C@@H](C)C(=O)Nc2ccc3c(c2)OCCO3)n1. The van der Waals surface area contributed by atoms with E-state index in [0.717, 1.165) is 5.69 Å². The van der Waals surface area contributed by atoms with Crippen molar-refractivity contribution in [3.63, 3.8) is 0 Å². The van der Waals surface area contributed by atoms with Crippen LogP contribution >= 0.6 is 11.8 Å². The number of carbonyl (C=O) groups excluding carboxylic acids is 1. The molecule has 8 heteroatoms. The first-order chi connectivity index (χ1) is 11.5. The highest BCUT2D eigenvalue weighted by Gasteiger charge is 2.18. The van der Waals surface area contributed by atoms with E-state index < -0.39 is 0 Å². The first-order valence-corrected chi connectivity index (χ1v) is 8.37. The summed E-state index contributed by atoms with van der Waals surface area (Å²) in [5.74, 6) is 1.56. The molecule has 0 saturated carbocycles. The van der Waals surface area contributed by atoms with Gasteiger partial charge in [-0.15, -0.1) is 0 Å². The Hall–Kier alpha value is -2.48. The molecule has 2 aromatic rings. The molecule has 1 aromatic carbocycles. The summed E-state index contributed by atoms with van der Waals surface area (Å²) in [6.45, 7) is 4.66. The molecule has 1 aromatic heterocycles. The topological polar surface area (TPSA) is 99.4 Å². The first-order valence-electron chi connectivity index (χ1n) is 7.49. The molecule has 0 unspecified atom stereocenters. The van der Waals surface area contributed by atoms with E-state index in [-0.39, 0.29) is 11.2 Å². The molecule has 0 aliphatic carbocycles. The van der Waals surface area contributed by atoms with Gasteiger partial charge >= 0.3 is 0 Å². The van der Waals surface area contributed by atoms with E-state index in [4.69, 9.17) is 15.2 Å². The summed E-state index contributed by atoms with van der Waals surface area (Å²) < 4.78 is 11.0. The van der Waals surface area contributed by atoms with E-state index in [1.54, 1.807) is 31.2 Å². The Kier molecular flexibility index (Phi) is 4.75. The molecule has 0 saturated heterocycles. The van der Waals surface area contributed by atoms with Crippen LogP contribution in [0.4, 0.5) is 11.5 Å². The molecule has 0 radical (unpaired) electrons. The third-order valence-electron chi connectivity index (χ3n) is 3.31. The van der Waals surface area contributed by atoms with Crippen molar-refractivity contribution in [1.82, 2.24) is 9.97 Å². The van der Waals surface area contributed by atoms with Gasteiger partial charge in [0, 0.05) is 23.5 Å². The van der Waals surface area contributed by atoms with E-state index in [0.29, 0.717) is 41.4 Å². The molecule has 2 heterocycles. The Bertz CT molecular complexity index is 749. The summed E-state index contributed by atoms with van der Waals surface area (Å²) in [5, 5.41) is 2.97. The minimum Gasteiger partial charge on any atom is -0.486 e. The lowest BCUT2D eigenvalue weighted by Crippen LogP contribution is -2.23. The number of aromatic nitrogens is 2. The minimum atomic E-state index is -0.376. The lowest BCUT2D eigenvalue weighted by Gasteiger charge is -2.19. The number of ether oxygens (including phenoxy) is 2. The van der Waals surface area contributed by atoms with Gasteiger partial charge in [-0.05, 0) is 26.0 Å². The fourth-order valence-corrected chi connectivity index (χ4v) is 3.03. The number of hydrogen-bond acceptors (Lipinski definition) is 7. The van der Waals surface area contributed by atoms with Gasteiger partial charge in [0.2, 0.25) is 5.91 Å². The molecule has 0 fully saturated rings. The quantitative estimate of drug-likeness (QED) is 0.647. The molecule has 1 atom stereocenters. The number of carbonyl (C=O) groups is 1. The van der Waals surface area contributed by atoms with E-state index in [1.165, 1.54) is 11.8 Å². The average Bonchev–Trinajstić information content (AvgIpc) is 2.53. The van der Waals surface area contributed by atoms with E-state index in [9.17, 15) is 4.79 Å². The van der Waals surface area contributed by atoms with Crippen molar-refractivity contribution >= 4 is 29.2 Å².